The van der Waals surface area contributed by atoms with E-state index >= 15 is 0 Å². The monoisotopic (exact) mass is 277 g/mol. The van der Waals surface area contributed by atoms with Crippen LogP contribution in [0.4, 0.5) is 13.2 Å². The Morgan fingerprint density at radius 2 is 1.79 bits per heavy atom. The van der Waals surface area contributed by atoms with Crippen molar-refractivity contribution in [1.29, 1.82) is 0 Å². The molecule has 1 unspecified atom stereocenters. The van der Waals surface area contributed by atoms with Crippen molar-refractivity contribution in [3.63, 3.8) is 0 Å². The summed E-state index contributed by atoms with van der Waals surface area (Å²) in [5.74, 6) is 0.302. The molecule has 0 aromatic heterocycles. The number of nitrogens with one attached hydrogen (secondary N) is 1. The number of aliphatic hydroxyl groups is 1. The van der Waals surface area contributed by atoms with E-state index in [4.69, 9.17) is 4.74 Å². The average Bonchev–Trinajstić information content (AvgIpc) is 2.33. The molecule has 0 radical (unpaired) electrons. The molecule has 0 bridgehead atoms. The summed E-state index contributed by atoms with van der Waals surface area (Å²) in [5.41, 5.74) is -0.720. The van der Waals surface area contributed by atoms with Crippen LogP contribution in [0.2, 0.25) is 0 Å². The van der Waals surface area contributed by atoms with E-state index < -0.39 is 17.8 Å². The van der Waals surface area contributed by atoms with E-state index in [0.29, 0.717) is 12.3 Å². The maximum Gasteiger partial charge on any atom is 0.416 e. The summed E-state index contributed by atoms with van der Waals surface area (Å²) >= 11 is 0. The second-order valence-electron chi connectivity index (χ2n) is 4.55. The summed E-state index contributed by atoms with van der Waals surface area (Å²) < 4.78 is 42.2. The molecule has 0 aliphatic rings. The van der Waals surface area contributed by atoms with Crippen molar-refractivity contribution in [2.75, 3.05) is 13.2 Å². The summed E-state index contributed by atoms with van der Waals surface area (Å²) in [6, 6.07) is 4.64. The van der Waals surface area contributed by atoms with Crippen LogP contribution in [-0.4, -0.2) is 30.4 Å². The molecule has 0 aliphatic carbocycles. The minimum atomic E-state index is -4.35. The van der Waals surface area contributed by atoms with Gasteiger partial charge in [0, 0.05) is 12.6 Å². The van der Waals surface area contributed by atoms with E-state index in [1.165, 1.54) is 12.1 Å². The Hall–Kier alpha value is -1.27. The first kappa shape index (κ1) is 15.8. The Bertz CT molecular complexity index is 376. The minimum Gasteiger partial charge on any atom is -0.491 e. The third-order valence-electron chi connectivity index (χ3n) is 2.39. The van der Waals surface area contributed by atoms with Gasteiger partial charge in [-0.15, -0.1) is 0 Å². The molecular weight excluding hydrogens is 259 g/mol. The molecule has 2 N–H and O–H groups in total. The van der Waals surface area contributed by atoms with Gasteiger partial charge in [0.25, 0.3) is 0 Å². The fourth-order valence-corrected chi connectivity index (χ4v) is 1.36. The Labute approximate surface area is 110 Å². The number of hydrogen-bond donors (Lipinski definition) is 2. The zero-order valence-electron chi connectivity index (χ0n) is 10.9. The lowest BCUT2D eigenvalue weighted by molar-refractivity contribution is -0.137. The molecule has 0 amide bonds. The number of aliphatic hydroxyl groups excluding tert-OH is 1. The van der Waals surface area contributed by atoms with Gasteiger partial charge in [0.2, 0.25) is 0 Å². The zero-order chi connectivity index (χ0) is 14.5. The van der Waals surface area contributed by atoms with Crippen LogP contribution in [0.1, 0.15) is 19.4 Å². The van der Waals surface area contributed by atoms with E-state index in [1.54, 1.807) is 0 Å². The molecule has 1 atom stereocenters. The number of halogens is 3. The lowest BCUT2D eigenvalue weighted by atomic mass is 10.2. The number of rotatable bonds is 6. The van der Waals surface area contributed by atoms with Crippen molar-refractivity contribution in [2.45, 2.75) is 32.2 Å². The highest BCUT2D eigenvalue weighted by Gasteiger charge is 2.30. The van der Waals surface area contributed by atoms with Crippen LogP contribution in [0.5, 0.6) is 5.75 Å². The molecule has 0 fully saturated rings. The maximum absolute atomic E-state index is 12.3. The maximum atomic E-state index is 12.3. The van der Waals surface area contributed by atoms with Crippen LogP contribution in [0.3, 0.4) is 0 Å². The first-order valence-corrected chi connectivity index (χ1v) is 6.00. The molecule has 19 heavy (non-hydrogen) atoms. The molecule has 0 aliphatic heterocycles. The van der Waals surface area contributed by atoms with Gasteiger partial charge in [-0.2, -0.15) is 13.2 Å². The molecule has 6 heteroatoms. The number of hydrogen-bond acceptors (Lipinski definition) is 3. The fraction of sp³-hybridized carbons (Fsp3) is 0.538. The van der Waals surface area contributed by atoms with Gasteiger partial charge < -0.3 is 15.2 Å². The number of benzene rings is 1. The normalized spacial score (nSPS) is 13.6. The quantitative estimate of drug-likeness (QED) is 0.839. The molecule has 108 valence electrons. The molecule has 0 heterocycles. The van der Waals surface area contributed by atoms with Gasteiger partial charge in [0.05, 0.1) is 5.56 Å². The van der Waals surface area contributed by atoms with Gasteiger partial charge in [0.15, 0.2) is 0 Å². The van der Waals surface area contributed by atoms with Crippen molar-refractivity contribution in [3.8, 4) is 5.75 Å². The fourth-order valence-electron chi connectivity index (χ4n) is 1.36. The second-order valence-corrected chi connectivity index (χ2v) is 4.55. The molecule has 3 nitrogen and oxygen atoms in total. The van der Waals surface area contributed by atoms with Crippen LogP contribution in [-0.2, 0) is 6.18 Å². The largest absolute Gasteiger partial charge is 0.491 e. The Balaban J connectivity index is 2.42. The summed E-state index contributed by atoms with van der Waals surface area (Å²) in [7, 11) is 0. The summed E-state index contributed by atoms with van der Waals surface area (Å²) in [4.78, 5) is 0. The number of alkyl halides is 3. The highest BCUT2D eigenvalue weighted by atomic mass is 19.4. The van der Waals surface area contributed by atoms with Gasteiger partial charge in [0.1, 0.15) is 18.5 Å². The zero-order valence-corrected chi connectivity index (χ0v) is 10.9. The smallest absolute Gasteiger partial charge is 0.416 e. The molecular formula is C13H18F3NO2. The van der Waals surface area contributed by atoms with E-state index in [-0.39, 0.29) is 12.6 Å². The van der Waals surface area contributed by atoms with E-state index in [2.05, 4.69) is 5.32 Å². The molecule has 0 saturated carbocycles. The third kappa shape index (κ3) is 5.94. The van der Waals surface area contributed by atoms with Crippen LogP contribution < -0.4 is 10.1 Å². The average molecular weight is 277 g/mol. The van der Waals surface area contributed by atoms with Gasteiger partial charge in [-0.25, -0.2) is 0 Å². The SMILES string of the molecule is CC(C)NCC(O)COc1ccc(C(F)(F)F)cc1. The summed E-state index contributed by atoms with van der Waals surface area (Å²) in [5, 5.41) is 12.6. The minimum absolute atomic E-state index is 0.0328. The van der Waals surface area contributed by atoms with Crippen LogP contribution >= 0.6 is 0 Å². The number of ether oxygens (including phenoxy) is 1. The van der Waals surface area contributed by atoms with E-state index in [0.717, 1.165) is 12.1 Å². The van der Waals surface area contributed by atoms with Crippen LogP contribution in [0, 0.1) is 0 Å². The van der Waals surface area contributed by atoms with Crippen molar-refractivity contribution in [2.24, 2.45) is 0 Å². The van der Waals surface area contributed by atoms with Gasteiger partial charge in [-0.1, -0.05) is 13.8 Å². The van der Waals surface area contributed by atoms with Crippen molar-refractivity contribution in [1.82, 2.24) is 5.32 Å². The Morgan fingerprint density at radius 3 is 2.26 bits per heavy atom. The standard InChI is InChI=1S/C13H18F3NO2/c1-9(2)17-7-11(18)8-19-12-5-3-10(4-6-12)13(14,15)16/h3-6,9,11,17-18H,7-8H2,1-2H3. The molecule has 1 aromatic rings. The van der Waals surface area contributed by atoms with Gasteiger partial charge >= 0.3 is 6.18 Å². The van der Waals surface area contributed by atoms with Gasteiger partial charge in [-0.3, -0.25) is 0 Å². The predicted molar refractivity (Wildman–Crippen MR) is 66.1 cm³/mol. The third-order valence-corrected chi connectivity index (χ3v) is 2.39. The lowest BCUT2D eigenvalue weighted by Gasteiger charge is -2.15. The molecule has 1 aromatic carbocycles. The first-order valence-electron chi connectivity index (χ1n) is 6.00. The van der Waals surface area contributed by atoms with Crippen molar-refractivity contribution >= 4 is 0 Å². The van der Waals surface area contributed by atoms with Crippen molar-refractivity contribution in [3.05, 3.63) is 29.8 Å². The Morgan fingerprint density at radius 1 is 1.21 bits per heavy atom. The highest BCUT2D eigenvalue weighted by molar-refractivity contribution is 5.28. The van der Waals surface area contributed by atoms with E-state index in [9.17, 15) is 18.3 Å². The van der Waals surface area contributed by atoms with Crippen LogP contribution in [0.15, 0.2) is 24.3 Å². The molecule has 1 rings (SSSR count). The highest BCUT2D eigenvalue weighted by Crippen LogP contribution is 2.30. The summed E-state index contributed by atoms with van der Waals surface area (Å²) in [6.07, 6.45) is -5.05. The van der Waals surface area contributed by atoms with Crippen LogP contribution in [0.25, 0.3) is 0 Å². The van der Waals surface area contributed by atoms with Crippen molar-refractivity contribution < 1.29 is 23.0 Å². The topological polar surface area (TPSA) is 41.5 Å². The molecule has 0 spiro atoms. The predicted octanol–water partition coefficient (Wildman–Crippen LogP) is 2.44. The molecule has 0 saturated heterocycles. The van der Waals surface area contributed by atoms with Gasteiger partial charge in [-0.05, 0) is 24.3 Å². The summed E-state index contributed by atoms with van der Waals surface area (Å²) in [6.45, 7) is 4.30. The van der Waals surface area contributed by atoms with E-state index in [1.807, 2.05) is 13.8 Å². The Kier molecular flexibility index (Phi) is 5.62. The lowest BCUT2D eigenvalue weighted by Crippen LogP contribution is -2.35. The first-order chi connectivity index (χ1) is 8.79. The second kappa shape index (κ2) is 6.77.